The third-order valence-corrected chi connectivity index (χ3v) is 12.8. The smallest absolute Gasteiger partial charge is 0.137 e. The molecule has 1 aliphatic rings. The molecule has 0 N–H and O–H groups in total. The van der Waals surface area contributed by atoms with E-state index in [-0.39, 0.29) is 0 Å². The number of nitriles is 2. The molecule has 10 aromatic rings. The molecule has 0 saturated heterocycles. The Kier molecular flexibility index (Phi) is 9.42. The van der Waals surface area contributed by atoms with Crippen molar-refractivity contribution in [3.63, 3.8) is 0 Å². The van der Waals surface area contributed by atoms with Crippen LogP contribution in [-0.4, -0.2) is 0 Å². The third kappa shape index (κ3) is 6.53. The van der Waals surface area contributed by atoms with Gasteiger partial charge in [-0.1, -0.05) is 84.9 Å². The Labute approximate surface area is 378 Å². The number of ether oxygens (including phenoxy) is 1. The summed E-state index contributed by atoms with van der Waals surface area (Å²) in [5.74, 6) is 1.62. The number of nitrogens with zero attached hydrogens (tertiary/aromatic N) is 4. The zero-order valence-corrected chi connectivity index (χ0v) is 36.5. The predicted octanol–water partition coefficient (Wildman–Crippen LogP) is 16.5. The number of aryl methyl sites for hydroxylation is 4. The maximum Gasteiger partial charge on any atom is 0.137 e. The van der Waals surface area contributed by atoms with Crippen molar-refractivity contribution in [1.29, 1.82) is 10.5 Å². The average molecular weight is 835 g/mol. The normalized spacial score (nSPS) is 11.5. The maximum atomic E-state index is 9.74. The minimum Gasteiger partial charge on any atom is -0.456 e. The Hall–Kier alpha value is -8.64. The molecular weight excluding hydrogens is 793 g/mol. The first-order chi connectivity index (χ1) is 31.8. The van der Waals surface area contributed by atoms with E-state index in [2.05, 4.69) is 195 Å². The van der Waals surface area contributed by atoms with Crippen LogP contribution in [0.15, 0.2) is 182 Å². The summed E-state index contributed by atoms with van der Waals surface area (Å²) in [7, 11) is 0. The molecule has 10 aromatic carbocycles. The predicted molar refractivity (Wildman–Crippen MR) is 268 cm³/mol. The number of anilines is 6. The first-order valence-electron chi connectivity index (χ1n) is 21.9. The van der Waals surface area contributed by atoms with Gasteiger partial charge in [0.1, 0.15) is 11.5 Å². The van der Waals surface area contributed by atoms with Crippen LogP contribution in [-0.2, 0) is 0 Å². The van der Waals surface area contributed by atoms with Gasteiger partial charge in [-0.3, -0.25) is 0 Å². The first kappa shape index (κ1) is 39.2. The molecule has 0 radical (unpaired) electrons. The van der Waals surface area contributed by atoms with E-state index in [0.717, 1.165) is 101 Å². The van der Waals surface area contributed by atoms with Crippen molar-refractivity contribution in [3.8, 4) is 45.9 Å². The molecule has 5 heteroatoms. The molecule has 1 aliphatic heterocycles. The van der Waals surface area contributed by atoms with Gasteiger partial charge in [0.2, 0.25) is 0 Å². The van der Waals surface area contributed by atoms with Crippen LogP contribution in [0.25, 0.3) is 54.6 Å². The van der Waals surface area contributed by atoms with E-state index < -0.39 is 0 Å². The molecule has 0 unspecified atom stereocenters. The highest BCUT2D eigenvalue weighted by Crippen LogP contribution is 2.52. The van der Waals surface area contributed by atoms with E-state index >= 15 is 0 Å². The van der Waals surface area contributed by atoms with Gasteiger partial charge >= 0.3 is 0 Å². The number of rotatable bonds is 7. The summed E-state index contributed by atoms with van der Waals surface area (Å²) in [6.45, 7) is 8.30. The van der Waals surface area contributed by atoms with Crippen LogP contribution in [0.4, 0.5) is 34.1 Å². The maximum absolute atomic E-state index is 9.74. The summed E-state index contributed by atoms with van der Waals surface area (Å²) in [6, 6.07) is 68.6. The Morgan fingerprint density at radius 1 is 0.369 bits per heavy atom. The molecule has 0 spiro atoms. The quantitative estimate of drug-likeness (QED) is 0.150. The molecule has 0 saturated carbocycles. The van der Waals surface area contributed by atoms with Crippen LogP contribution in [0, 0.1) is 50.4 Å². The van der Waals surface area contributed by atoms with Crippen molar-refractivity contribution >= 4 is 66.4 Å². The van der Waals surface area contributed by atoms with Crippen LogP contribution in [0.1, 0.15) is 33.4 Å². The fourth-order valence-corrected chi connectivity index (χ4v) is 10.1. The molecule has 0 aromatic heterocycles. The van der Waals surface area contributed by atoms with Crippen molar-refractivity contribution in [1.82, 2.24) is 0 Å². The lowest BCUT2D eigenvalue weighted by molar-refractivity contribution is 0.487. The Morgan fingerprint density at radius 2 is 0.846 bits per heavy atom. The van der Waals surface area contributed by atoms with Crippen molar-refractivity contribution in [2.45, 2.75) is 27.7 Å². The lowest BCUT2D eigenvalue weighted by atomic mass is 9.86. The van der Waals surface area contributed by atoms with Gasteiger partial charge in [0.05, 0.1) is 34.6 Å². The number of hydrogen-bond donors (Lipinski definition) is 0. The van der Waals surface area contributed by atoms with Gasteiger partial charge in [-0.2, -0.15) is 10.5 Å². The molecule has 5 nitrogen and oxygen atoms in total. The molecule has 0 amide bonds. The van der Waals surface area contributed by atoms with E-state index in [9.17, 15) is 10.5 Å². The number of hydrogen-bond acceptors (Lipinski definition) is 5. The van der Waals surface area contributed by atoms with Crippen LogP contribution >= 0.6 is 0 Å². The Balaban J connectivity index is 1.05. The summed E-state index contributed by atoms with van der Waals surface area (Å²) < 4.78 is 6.91. The molecule has 1 heterocycles. The number of para-hydroxylation sites is 2. The molecule has 0 atom stereocenters. The van der Waals surface area contributed by atoms with Gasteiger partial charge in [-0.25, -0.2) is 0 Å². The van der Waals surface area contributed by atoms with Gasteiger partial charge in [0, 0.05) is 39.8 Å². The number of benzene rings is 10. The Morgan fingerprint density at radius 3 is 1.43 bits per heavy atom. The zero-order valence-electron chi connectivity index (χ0n) is 36.5. The summed E-state index contributed by atoms with van der Waals surface area (Å²) in [6.07, 6.45) is 0. The van der Waals surface area contributed by atoms with Crippen molar-refractivity contribution in [2.24, 2.45) is 0 Å². The highest BCUT2D eigenvalue weighted by Gasteiger charge is 2.26. The lowest BCUT2D eigenvalue weighted by Gasteiger charge is -2.30. The van der Waals surface area contributed by atoms with Crippen molar-refractivity contribution in [3.05, 3.63) is 215 Å². The molecule has 0 fully saturated rings. The minimum atomic E-state index is 0.649. The van der Waals surface area contributed by atoms with Gasteiger partial charge in [0.25, 0.3) is 0 Å². The third-order valence-electron chi connectivity index (χ3n) is 12.8. The van der Waals surface area contributed by atoms with E-state index in [0.29, 0.717) is 11.1 Å². The van der Waals surface area contributed by atoms with Crippen LogP contribution in [0.2, 0.25) is 0 Å². The van der Waals surface area contributed by atoms with E-state index in [1.807, 2.05) is 36.4 Å². The van der Waals surface area contributed by atoms with Crippen LogP contribution in [0.3, 0.4) is 0 Å². The molecular formula is C60H42N4O. The molecule has 0 aliphatic carbocycles. The van der Waals surface area contributed by atoms with Crippen LogP contribution < -0.4 is 14.5 Å². The summed E-state index contributed by atoms with van der Waals surface area (Å²) in [5.41, 5.74) is 16.1. The molecule has 0 bridgehead atoms. The fraction of sp³-hybridized carbons (Fsp3) is 0.0667. The lowest BCUT2D eigenvalue weighted by Crippen LogP contribution is -2.13. The molecule has 65 heavy (non-hydrogen) atoms. The highest BCUT2D eigenvalue weighted by atomic mass is 16.5. The van der Waals surface area contributed by atoms with Gasteiger partial charge in [-0.05, 0) is 185 Å². The van der Waals surface area contributed by atoms with E-state index in [4.69, 9.17) is 4.74 Å². The SMILES string of the molecule is Cc1cc(C#N)cc(C)c1N(c1ccccc1)c1ccc(-c2cc3c4cccc5c4c(cc3c3ccccc23)-c2ccc(N(c3ccccc3)c3c(C)cc(C#N)cc3C)cc2O5)cc1. The topological polar surface area (TPSA) is 63.3 Å². The van der Waals surface area contributed by atoms with Gasteiger partial charge in [-0.15, -0.1) is 0 Å². The fourth-order valence-electron chi connectivity index (χ4n) is 10.1. The second kappa shape index (κ2) is 15.6. The van der Waals surface area contributed by atoms with Crippen molar-refractivity contribution in [2.75, 3.05) is 9.80 Å². The second-order valence-electron chi connectivity index (χ2n) is 17.0. The second-order valence-corrected chi connectivity index (χ2v) is 17.0. The van der Waals surface area contributed by atoms with Crippen molar-refractivity contribution < 1.29 is 4.74 Å². The largest absolute Gasteiger partial charge is 0.456 e. The minimum absolute atomic E-state index is 0.649. The number of fused-ring (bicyclic) bond motifs is 6. The summed E-state index contributed by atoms with van der Waals surface area (Å²) in [5, 5.41) is 26.4. The van der Waals surface area contributed by atoms with E-state index in [1.54, 1.807) is 0 Å². The highest BCUT2D eigenvalue weighted by molar-refractivity contribution is 6.25. The standard InChI is InChI=1S/C60H42N4O/c1-37-28-41(35-61)29-38(2)59(37)63(44-14-7-5-8-15-44)46-24-22-43(23-25-46)52-33-54-51-20-13-21-56-58(51)55(34-53(54)49-19-12-11-18-48(49)52)50-27-26-47(32-57(50)65-56)64(45-16-9-6-10-17-45)60-39(3)30-42(36-62)31-40(60)4/h5-34H,1-4H3. The summed E-state index contributed by atoms with van der Waals surface area (Å²) in [4.78, 5) is 4.56. The van der Waals surface area contributed by atoms with Gasteiger partial charge in [0.15, 0.2) is 0 Å². The van der Waals surface area contributed by atoms with E-state index in [1.165, 1.54) is 21.5 Å². The summed E-state index contributed by atoms with van der Waals surface area (Å²) >= 11 is 0. The van der Waals surface area contributed by atoms with Crippen LogP contribution in [0.5, 0.6) is 11.5 Å². The van der Waals surface area contributed by atoms with Gasteiger partial charge < -0.3 is 14.5 Å². The molecule has 11 rings (SSSR count). The Bertz CT molecular complexity index is 3590. The first-order valence-corrected chi connectivity index (χ1v) is 21.9. The monoisotopic (exact) mass is 834 g/mol. The average Bonchev–Trinajstić information content (AvgIpc) is 3.34. The zero-order chi connectivity index (χ0) is 44.3. The molecule has 308 valence electrons.